The van der Waals surface area contributed by atoms with Crippen molar-refractivity contribution in [2.75, 3.05) is 38.6 Å². The van der Waals surface area contributed by atoms with Crippen LogP contribution in [-0.4, -0.2) is 69.8 Å². The average Bonchev–Trinajstić information content (AvgIpc) is 2.84. The molecule has 0 heterocycles. The van der Waals surface area contributed by atoms with E-state index in [1.54, 1.807) is 62.6 Å². The summed E-state index contributed by atoms with van der Waals surface area (Å²) in [7, 11) is 0.393. The van der Waals surface area contributed by atoms with Gasteiger partial charge in [0.25, 0.3) is 0 Å². The monoisotopic (exact) mass is 504 g/mol. The third-order valence-electron chi connectivity index (χ3n) is 5.40. The van der Waals surface area contributed by atoms with Gasteiger partial charge in [-0.05, 0) is 42.7 Å². The lowest BCUT2D eigenvalue weighted by Crippen LogP contribution is -2.52. The number of carbonyl (C=O) groups excluding carboxylic acids is 2. The van der Waals surface area contributed by atoms with E-state index in [1.165, 1.54) is 19.0 Å². The summed E-state index contributed by atoms with van der Waals surface area (Å²) in [5.41, 5.74) is 1.11. The van der Waals surface area contributed by atoms with Crippen LogP contribution in [0.2, 0.25) is 0 Å². The van der Waals surface area contributed by atoms with Gasteiger partial charge in [-0.2, -0.15) is 12.7 Å². The Morgan fingerprint density at radius 3 is 2.23 bits per heavy atom. The number of nitrogens with one attached hydrogen (secondary N) is 1. The van der Waals surface area contributed by atoms with E-state index in [-0.39, 0.29) is 18.4 Å². The van der Waals surface area contributed by atoms with Crippen LogP contribution in [0.25, 0.3) is 0 Å². The summed E-state index contributed by atoms with van der Waals surface area (Å²) < 4.78 is 33.6. The zero-order valence-electron chi connectivity index (χ0n) is 21.3. The standard InChI is InChI=1S/C25H36N4O5S/c1-19(2)16-26-25(31)20(3)28(17-21-11-10-14-23(15-21)34-6)24(30)18-29(35(32,33)27(4)5)22-12-8-7-9-13-22/h7-15,19-20H,16-18H2,1-6H3,(H,26,31). The second kappa shape index (κ2) is 12.6. The summed E-state index contributed by atoms with van der Waals surface area (Å²) in [5, 5.41) is 2.86. The Kier molecular flexibility index (Phi) is 10.1. The summed E-state index contributed by atoms with van der Waals surface area (Å²) in [6, 6.07) is 14.8. The van der Waals surface area contributed by atoms with E-state index >= 15 is 0 Å². The molecule has 192 valence electrons. The fourth-order valence-corrected chi connectivity index (χ4v) is 4.37. The molecular weight excluding hydrogens is 468 g/mol. The molecule has 10 heteroatoms. The third-order valence-corrected chi connectivity index (χ3v) is 7.22. The molecule has 1 N–H and O–H groups in total. The number of para-hydroxylation sites is 1. The van der Waals surface area contributed by atoms with Crippen LogP contribution >= 0.6 is 0 Å². The molecule has 0 bridgehead atoms. The third kappa shape index (κ3) is 7.69. The van der Waals surface area contributed by atoms with Gasteiger partial charge in [-0.1, -0.05) is 44.2 Å². The Morgan fingerprint density at radius 2 is 1.66 bits per heavy atom. The summed E-state index contributed by atoms with van der Waals surface area (Å²) in [6.07, 6.45) is 0. The first-order valence-corrected chi connectivity index (χ1v) is 12.8. The van der Waals surface area contributed by atoms with Crippen molar-refractivity contribution in [2.45, 2.75) is 33.4 Å². The van der Waals surface area contributed by atoms with E-state index in [4.69, 9.17) is 4.74 Å². The quantitative estimate of drug-likeness (QED) is 0.479. The van der Waals surface area contributed by atoms with Crippen LogP contribution in [0.3, 0.4) is 0 Å². The van der Waals surface area contributed by atoms with Gasteiger partial charge in [0, 0.05) is 27.2 Å². The molecule has 2 rings (SSSR count). The second-order valence-electron chi connectivity index (χ2n) is 8.82. The van der Waals surface area contributed by atoms with Crippen LogP contribution in [0.5, 0.6) is 5.75 Å². The molecule has 0 aliphatic rings. The van der Waals surface area contributed by atoms with Gasteiger partial charge in [0.05, 0.1) is 12.8 Å². The molecular formula is C25H36N4O5S. The van der Waals surface area contributed by atoms with Gasteiger partial charge in [0.1, 0.15) is 18.3 Å². The molecule has 1 unspecified atom stereocenters. The molecule has 1 atom stereocenters. The van der Waals surface area contributed by atoms with Crippen molar-refractivity contribution < 1.29 is 22.7 Å². The van der Waals surface area contributed by atoms with Crippen molar-refractivity contribution in [2.24, 2.45) is 5.92 Å². The highest BCUT2D eigenvalue weighted by Crippen LogP contribution is 2.21. The van der Waals surface area contributed by atoms with Crippen LogP contribution in [0.15, 0.2) is 54.6 Å². The zero-order valence-corrected chi connectivity index (χ0v) is 22.1. The lowest BCUT2D eigenvalue weighted by Gasteiger charge is -2.33. The molecule has 0 saturated carbocycles. The average molecular weight is 505 g/mol. The molecule has 0 saturated heterocycles. The predicted octanol–water partition coefficient (Wildman–Crippen LogP) is 2.50. The predicted molar refractivity (Wildman–Crippen MR) is 137 cm³/mol. The van der Waals surface area contributed by atoms with Gasteiger partial charge in [-0.15, -0.1) is 0 Å². The molecule has 0 aliphatic heterocycles. The summed E-state index contributed by atoms with van der Waals surface area (Å²) in [6.45, 7) is 5.71. The molecule has 0 aliphatic carbocycles. The van der Waals surface area contributed by atoms with Crippen LogP contribution in [0, 0.1) is 5.92 Å². The van der Waals surface area contributed by atoms with Crippen LogP contribution in [0.4, 0.5) is 5.69 Å². The van der Waals surface area contributed by atoms with Gasteiger partial charge >= 0.3 is 10.2 Å². The Hall–Kier alpha value is -3.11. The van der Waals surface area contributed by atoms with E-state index in [0.717, 1.165) is 14.2 Å². The highest BCUT2D eigenvalue weighted by Gasteiger charge is 2.32. The first-order chi connectivity index (χ1) is 16.5. The van der Waals surface area contributed by atoms with E-state index in [9.17, 15) is 18.0 Å². The Morgan fingerprint density at radius 1 is 1.00 bits per heavy atom. The largest absolute Gasteiger partial charge is 0.497 e. The number of rotatable bonds is 12. The van der Waals surface area contributed by atoms with E-state index in [2.05, 4.69) is 5.32 Å². The van der Waals surface area contributed by atoms with Crippen LogP contribution in [0.1, 0.15) is 26.3 Å². The van der Waals surface area contributed by atoms with E-state index < -0.39 is 28.7 Å². The number of benzene rings is 2. The fraction of sp³-hybridized carbons (Fsp3) is 0.440. The number of amides is 2. The maximum absolute atomic E-state index is 13.6. The molecule has 0 fully saturated rings. The Balaban J connectivity index is 2.42. The Bertz CT molecular complexity index is 1090. The van der Waals surface area contributed by atoms with Crippen LogP contribution < -0.4 is 14.4 Å². The second-order valence-corrected chi connectivity index (χ2v) is 10.9. The van der Waals surface area contributed by atoms with Crippen molar-refractivity contribution in [3.05, 3.63) is 60.2 Å². The minimum Gasteiger partial charge on any atom is -0.497 e. The minimum atomic E-state index is -3.97. The fourth-order valence-electron chi connectivity index (χ4n) is 3.31. The van der Waals surface area contributed by atoms with Crippen LogP contribution in [-0.2, 0) is 26.3 Å². The zero-order chi connectivity index (χ0) is 26.2. The number of methoxy groups -OCH3 is 1. The summed E-state index contributed by atoms with van der Waals surface area (Å²) >= 11 is 0. The lowest BCUT2D eigenvalue weighted by atomic mass is 10.1. The summed E-state index contributed by atoms with van der Waals surface area (Å²) in [4.78, 5) is 27.9. The maximum atomic E-state index is 13.6. The SMILES string of the molecule is COc1cccc(CN(C(=O)CN(c2ccccc2)S(=O)(=O)N(C)C)C(C)C(=O)NCC(C)C)c1. The number of anilines is 1. The van der Waals surface area contributed by atoms with Crippen molar-refractivity contribution in [3.8, 4) is 5.75 Å². The van der Waals surface area contributed by atoms with E-state index in [0.29, 0.717) is 18.0 Å². The van der Waals surface area contributed by atoms with Crippen molar-refractivity contribution >= 4 is 27.7 Å². The molecule has 2 aromatic carbocycles. The van der Waals surface area contributed by atoms with Gasteiger partial charge in [-0.25, -0.2) is 4.31 Å². The van der Waals surface area contributed by atoms with Gasteiger partial charge in [-0.3, -0.25) is 9.59 Å². The number of hydrogen-bond acceptors (Lipinski definition) is 5. The van der Waals surface area contributed by atoms with Crippen molar-refractivity contribution in [3.63, 3.8) is 0 Å². The lowest BCUT2D eigenvalue weighted by molar-refractivity contribution is -0.139. The van der Waals surface area contributed by atoms with Gasteiger partial charge in [0.15, 0.2) is 0 Å². The normalized spacial score (nSPS) is 12.3. The Labute approximate surface area is 208 Å². The number of carbonyl (C=O) groups is 2. The molecule has 35 heavy (non-hydrogen) atoms. The molecule has 2 amide bonds. The topological polar surface area (TPSA) is 99.3 Å². The highest BCUT2D eigenvalue weighted by molar-refractivity contribution is 7.90. The first kappa shape index (κ1) is 28.1. The van der Waals surface area contributed by atoms with E-state index in [1.807, 2.05) is 19.9 Å². The highest BCUT2D eigenvalue weighted by atomic mass is 32.2. The van der Waals surface area contributed by atoms with Gasteiger partial charge < -0.3 is 15.0 Å². The minimum absolute atomic E-state index is 0.108. The number of hydrogen-bond donors (Lipinski definition) is 1. The smallest absolute Gasteiger partial charge is 0.304 e. The van der Waals surface area contributed by atoms with Gasteiger partial charge in [0.2, 0.25) is 11.8 Å². The van der Waals surface area contributed by atoms with Crippen molar-refractivity contribution in [1.82, 2.24) is 14.5 Å². The molecule has 0 spiro atoms. The number of nitrogens with zero attached hydrogens (tertiary/aromatic N) is 3. The molecule has 2 aromatic rings. The van der Waals surface area contributed by atoms with Crippen molar-refractivity contribution in [1.29, 1.82) is 0 Å². The summed E-state index contributed by atoms with van der Waals surface area (Å²) in [5.74, 6) is 0.0476. The molecule has 9 nitrogen and oxygen atoms in total. The molecule has 0 radical (unpaired) electrons. The first-order valence-electron chi connectivity index (χ1n) is 11.4. The molecule has 0 aromatic heterocycles. The number of ether oxygens (including phenoxy) is 1. The maximum Gasteiger partial charge on any atom is 0.304 e.